The van der Waals surface area contributed by atoms with Gasteiger partial charge in [0.15, 0.2) is 5.69 Å². The Bertz CT molecular complexity index is 681. The van der Waals surface area contributed by atoms with Gasteiger partial charge in [0.05, 0.1) is 0 Å². The molecule has 0 radical (unpaired) electrons. The molecule has 1 N–H and O–H groups in total. The second-order valence-corrected chi connectivity index (χ2v) is 5.16. The maximum absolute atomic E-state index is 12.7. The van der Waals surface area contributed by atoms with Gasteiger partial charge in [-0.2, -0.15) is 0 Å². The number of carbonyl (C=O) groups is 1. The third-order valence-corrected chi connectivity index (χ3v) is 3.67. The SMILES string of the molecule is C=CCNc1ccc(C(=O)N2CCCc3ccccc32)nn1. The molecule has 0 saturated heterocycles. The van der Waals surface area contributed by atoms with Crippen LogP contribution in [0.15, 0.2) is 49.1 Å². The minimum absolute atomic E-state index is 0.102. The van der Waals surface area contributed by atoms with Crippen LogP contribution in [0, 0.1) is 0 Å². The average molecular weight is 294 g/mol. The Balaban J connectivity index is 1.81. The number of rotatable bonds is 4. The van der Waals surface area contributed by atoms with Crippen molar-refractivity contribution >= 4 is 17.4 Å². The van der Waals surface area contributed by atoms with Crippen molar-refractivity contribution in [3.05, 3.63) is 60.3 Å². The zero-order valence-corrected chi connectivity index (χ0v) is 12.3. The van der Waals surface area contributed by atoms with Crippen LogP contribution in [0.2, 0.25) is 0 Å². The van der Waals surface area contributed by atoms with Crippen LogP contribution in [-0.2, 0) is 6.42 Å². The predicted molar refractivity (Wildman–Crippen MR) is 87.2 cm³/mol. The number of nitrogens with one attached hydrogen (secondary N) is 1. The first-order valence-corrected chi connectivity index (χ1v) is 7.38. The van der Waals surface area contributed by atoms with E-state index in [0.29, 0.717) is 24.6 Å². The van der Waals surface area contributed by atoms with Crippen molar-refractivity contribution in [3.8, 4) is 0 Å². The lowest BCUT2D eigenvalue weighted by Crippen LogP contribution is -2.36. The molecule has 0 bridgehead atoms. The van der Waals surface area contributed by atoms with Crippen molar-refractivity contribution in [3.63, 3.8) is 0 Å². The molecule has 0 atom stereocenters. The number of anilines is 2. The van der Waals surface area contributed by atoms with Gasteiger partial charge in [0.25, 0.3) is 5.91 Å². The molecule has 1 aliphatic heterocycles. The summed E-state index contributed by atoms with van der Waals surface area (Å²) in [6.07, 6.45) is 3.72. The van der Waals surface area contributed by atoms with E-state index in [1.807, 2.05) is 18.2 Å². The summed E-state index contributed by atoms with van der Waals surface area (Å²) >= 11 is 0. The number of carbonyl (C=O) groups excluding carboxylic acids is 1. The number of aryl methyl sites for hydroxylation is 1. The zero-order valence-electron chi connectivity index (χ0n) is 12.3. The van der Waals surface area contributed by atoms with Crippen LogP contribution in [-0.4, -0.2) is 29.2 Å². The quantitative estimate of drug-likeness (QED) is 0.881. The summed E-state index contributed by atoms with van der Waals surface area (Å²) in [4.78, 5) is 14.5. The van der Waals surface area contributed by atoms with Crippen LogP contribution in [0.5, 0.6) is 0 Å². The van der Waals surface area contributed by atoms with E-state index in [-0.39, 0.29) is 5.91 Å². The summed E-state index contributed by atoms with van der Waals surface area (Å²) in [5.41, 5.74) is 2.55. The first-order chi connectivity index (χ1) is 10.8. The van der Waals surface area contributed by atoms with E-state index in [1.165, 1.54) is 5.56 Å². The molecule has 5 heteroatoms. The van der Waals surface area contributed by atoms with Gasteiger partial charge in [0, 0.05) is 18.8 Å². The standard InChI is InChI=1S/C17H18N4O/c1-2-11-18-16-10-9-14(19-20-16)17(22)21-12-5-7-13-6-3-4-8-15(13)21/h2-4,6,8-10H,1,5,7,11-12H2,(H,18,20). The predicted octanol–water partition coefficient (Wildman–Crippen LogP) is 2.67. The third-order valence-electron chi connectivity index (χ3n) is 3.67. The van der Waals surface area contributed by atoms with Gasteiger partial charge in [-0.05, 0) is 36.6 Å². The van der Waals surface area contributed by atoms with Crippen LogP contribution in [0.4, 0.5) is 11.5 Å². The van der Waals surface area contributed by atoms with Crippen molar-refractivity contribution in [2.45, 2.75) is 12.8 Å². The van der Waals surface area contributed by atoms with E-state index in [1.54, 1.807) is 23.1 Å². The summed E-state index contributed by atoms with van der Waals surface area (Å²) in [7, 11) is 0. The first-order valence-electron chi connectivity index (χ1n) is 7.38. The largest absolute Gasteiger partial charge is 0.365 e. The molecule has 0 saturated carbocycles. The van der Waals surface area contributed by atoms with Crippen molar-refractivity contribution < 1.29 is 4.79 Å². The molecule has 1 aromatic heterocycles. The Kier molecular flexibility index (Phi) is 4.14. The zero-order chi connectivity index (χ0) is 15.4. The van der Waals surface area contributed by atoms with E-state index >= 15 is 0 Å². The van der Waals surface area contributed by atoms with E-state index in [9.17, 15) is 4.79 Å². The summed E-state index contributed by atoms with van der Waals surface area (Å²) in [6, 6.07) is 11.5. The molecule has 22 heavy (non-hydrogen) atoms. The fourth-order valence-electron chi connectivity index (χ4n) is 2.60. The van der Waals surface area contributed by atoms with Gasteiger partial charge in [-0.1, -0.05) is 24.3 Å². The highest BCUT2D eigenvalue weighted by Crippen LogP contribution is 2.27. The molecule has 1 aromatic carbocycles. The smallest absolute Gasteiger partial charge is 0.278 e. The molecule has 1 aliphatic rings. The number of para-hydroxylation sites is 1. The van der Waals surface area contributed by atoms with Crippen LogP contribution >= 0.6 is 0 Å². The van der Waals surface area contributed by atoms with Gasteiger partial charge in [0.2, 0.25) is 0 Å². The molecule has 0 spiro atoms. The monoisotopic (exact) mass is 294 g/mol. The molecule has 2 heterocycles. The summed E-state index contributed by atoms with van der Waals surface area (Å²) < 4.78 is 0. The first kappa shape index (κ1) is 14.3. The maximum atomic E-state index is 12.7. The van der Waals surface area contributed by atoms with Crippen LogP contribution in [0.25, 0.3) is 0 Å². The van der Waals surface area contributed by atoms with Gasteiger partial charge in [0.1, 0.15) is 5.82 Å². The van der Waals surface area contributed by atoms with E-state index in [2.05, 4.69) is 28.2 Å². The van der Waals surface area contributed by atoms with Crippen molar-refractivity contribution in [2.75, 3.05) is 23.3 Å². The number of benzene rings is 1. The normalized spacial score (nSPS) is 13.4. The lowest BCUT2D eigenvalue weighted by atomic mass is 10.0. The Morgan fingerprint density at radius 3 is 2.91 bits per heavy atom. The Morgan fingerprint density at radius 1 is 1.27 bits per heavy atom. The Morgan fingerprint density at radius 2 is 2.14 bits per heavy atom. The summed E-state index contributed by atoms with van der Waals surface area (Å²) in [5, 5.41) is 11.1. The van der Waals surface area contributed by atoms with Crippen LogP contribution < -0.4 is 10.2 Å². The molecule has 0 unspecified atom stereocenters. The molecule has 0 aliphatic carbocycles. The molecule has 3 rings (SSSR count). The van der Waals surface area contributed by atoms with E-state index < -0.39 is 0 Å². The molecule has 5 nitrogen and oxygen atoms in total. The van der Waals surface area contributed by atoms with Gasteiger partial charge in [-0.3, -0.25) is 4.79 Å². The van der Waals surface area contributed by atoms with E-state index in [0.717, 1.165) is 18.5 Å². The Labute approximate surface area is 129 Å². The van der Waals surface area contributed by atoms with Crippen molar-refractivity contribution in [2.24, 2.45) is 0 Å². The lowest BCUT2D eigenvalue weighted by Gasteiger charge is -2.29. The van der Waals surface area contributed by atoms with Crippen LogP contribution in [0.3, 0.4) is 0 Å². The summed E-state index contributed by atoms with van der Waals surface area (Å²) in [5.74, 6) is 0.533. The lowest BCUT2D eigenvalue weighted by molar-refractivity contribution is 0.0979. The minimum atomic E-state index is -0.102. The number of fused-ring (bicyclic) bond motifs is 1. The molecular formula is C17H18N4O. The van der Waals surface area contributed by atoms with Gasteiger partial charge in [-0.25, -0.2) is 0 Å². The fourth-order valence-corrected chi connectivity index (χ4v) is 2.60. The molecule has 1 amide bonds. The minimum Gasteiger partial charge on any atom is -0.365 e. The van der Waals surface area contributed by atoms with Gasteiger partial charge < -0.3 is 10.2 Å². The van der Waals surface area contributed by atoms with Gasteiger partial charge in [-0.15, -0.1) is 16.8 Å². The van der Waals surface area contributed by atoms with Crippen molar-refractivity contribution in [1.29, 1.82) is 0 Å². The second-order valence-electron chi connectivity index (χ2n) is 5.16. The number of nitrogens with zero attached hydrogens (tertiary/aromatic N) is 3. The number of aromatic nitrogens is 2. The fraction of sp³-hybridized carbons (Fsp3) is 0.235. The Hall–Kier alpha value is -2.69. The average Bonchev–Trinajstić information content (AvgIpc) is 2.59. The number of amides is 1. The molecule has 0 fully saturated rings. The van der Waals surface area contributed by atoms with Crippen LogP contribution in [0.1, 0.15) is 22.5 Å². The van der Waals surface area contributed by atoms with Gasteiger partial charge >= 0.3 is 0 Å². The topological polar surface area (TPSA) is 58.1 Å². The third kappa shape index (κ3) is 2.83. The second kappa shape index (κ2) is 6.39. The molecule has 2 aromatic rings. The highest BCUT2D eigenvalue weighted by molar-refractivity contribution is 6.05. The van der Waals surface area contributed by atoms with Crippen molar-refractivity contribution in [1.82, 2.24) is 10.2 Å². The molecule has 112 valence electrons. The highest BCUT2D eigenvalue weighted by atomic mass is 16.2. The van der Waals surface area contributed by atoms with E-state index in [4.69, 9.17) is 0 Å². The highest BCUT2D eigenvalue weighted by Gasteiger charge is 2.24. The number of hydrogen-bond donors (Lipinski definition) is 1. The number of hydrogen-bond acceptors (Lipinski definition) is 4. The summed E-state index contributed by atoms with van der Waals surface area (Å²) in [6.45, 7) is 4.96. The molecular weight excluding hydrogens is 276 g/mol. The maximum Gasteiger partial charge on any atom is 0.278 e.